The Labute approximate surface area is 145 Å². The number of thiazole rings is 1. The Morgan fingerprint density at radius 3 is 2.92 bits per heavy atom. The second kappa shape index (κ2) is 8.08. The van der Waals surface area contributed by atoms with E-state index in [0.29, 0.717) is 32.9 Å². The van der Waals surface area contributed by atoms with Gasteiger partial charge in [0.25, 0.3) is 0 Å². The van der Waals surface area contributed by atoms with Crippen molar-refractivity contribution in [2.24, 2.45) is 0 Å². The summed E-state index contributed by atoms with van der Waals surface area (Å²) in [5.41, 5.74) is 1.80. The number of hydrogen-bond donors (Lipinski definition) is 0. The Balaban J connectivity index is 1.64. The summed E-state index contributed by atoms with van der Waals surface area (Å²) in [5, 5.41) is 3.02. The molecule has 2 heterocycles. The summed E-state index contributed by atoms with van der Waals surface area (Å²) in [7, 11) is 0. The van der Waals surface area contributed by atoms with Gasteiger partial charge in [-0.1, -0.05) is 18.2 Å². The number of ether oxygens (including phenoxy) is 2. The first-order chi connectivity index (χ1) is 11.7. The lowest BCUT2D eigenvalue weighted by atomic mass is 10.2. The van der Waals surface area contributed by atoms with Gasteiger partial charge < -0.3 is 14.4 Å². The van der Waals surface area contributed by atoms with Crippen LogP contribution in [0.4, 0.5) is 0 Å². The molecule has 0 spiro atoms. The van der Waals surface area contributed by atoms with E-state index in [1.807, 2.05) is 36.6 Å². The summed E-state index contributed by atoms with van der Waals surface area (Å²) in [4.78, 5) is 18.4. The third-order valence-corrected chi connectivity index (χ3v) is 4.51. The van der Waals surface area contributed by atoms with E-state index in [0.717, 1.165) is 22.0 Å². The number of carbonyl (C=O) groups excluding carboxylic acids is 1. The first kappa shape index (κ1) is 16.7. The predicted molar refractivity (Wildman–Crippen MR) is 94.1 cm³/mol. The number of hydrogen-bond acceptors (Lipinski definition) is 5. The van der Waals surface area contributed by atoms with Crippen molar-refractivity contribution in [3.05, 3.63) is 52.0 Å². The van der Waals surface area contributed by atoms with Crippen molar-refractivity contribution in [3.8, 4) is 5.75 Å². The standard InChI is InChI=1S/C18H20N2O3S/c1-14-19-16(13-24-14)12-23-17-5-3-2-4-15(17)6-7-18(21)20-8-10-22-11-9-20/h2-7,13H,8-12H2,1H3. The van der Waals surface area contributed by atoms with Gasteiger partial charge in [-0.15, -0.1) is 11.3 Å². The SMILES string of the molecule is Cc1nc(COc2ccccc2C=CC(=O)N2CCOCC2)cs1. The Bertz CT molecular complexity index is 721. The van der Waals surface area contributed by atoms with Crippen LogP contribution in [-0.2, 0) is 16.1 Å². The van der Waals surface area contributed by atoms with Crippen molar-refractivity contribution < 1.29 is 14.3 Å². The van der Waals surface area contributed by atoms with E-state index >= 15 is 0 Å². The quantitative estimate of drug-likeness (QED) is 0.783. The van der Waals surface area contributed by atoms with Crippen LogP contribution in [-0.4, -0.2) is 42.1 Å². The number of aryl methyl sites for hydroxylation is 1. The molecule has 126 valence electrons. The first-order valence-electron chi connectivity index (χ1n) is 7.90. The number of para-hydroxylation sites is 1. The second-order valence-electron chi connectivity index (χ2n) is 5.46. The molecule has 1 amide bonds. The number of carbonyl (C=O) groups is 1. The maximum Gasteiger partial charge on any atom is 0.246 e. The Kier molecular flexibility index (Phi) is 5.61. The molecule has 0 bridgehead atoms. The van der Waals surface area contributed by atoms with E-state index in [9.17, 15) is 4.79 Å². The van der Waals surface area contributed by atoms with E-state index in [1.54, 1.807) is 28.4 Å². The molecule has 1 aromatic heterocycles. The molecule has 6 heteroatoms. The minimum atomic E-state index is 0.00299. The lowest BCUT2D eigenvalue weighted by molar-refractivity contribution is -0.129. The van der Waals surface area contributed by atoms with Crippen molar-refractivity contribution in [1.29, 1.82) is 0 Å². The normalized spacial score (nSPS) is 15.0. The third-order valence-electron chi connectivity index (χ3n) is 3.69. The molecule has 2 aromatic rings. The number of rotatable bonds is 5. The van der Waals surface area contributed by atoms with Crippen molar-refractivity contribution in [2.75, 3.05) is 26.3 Å². The molecule has 5 nitrogen and oxygen atoms in total. The van der Waals surface area contributed by atoms with Crippen LogP contribution < -0.4 is 4.74 Å². The van der Waals surface area contributed by atoms with Crippen LogP contribution in [0, 0.1) is 6.92 Å². The summed E-state index contributed by atoms with van der Waals surface area (Å²) in [6, 6.07) is 7.68. The zero-order valence-corrected chi connectivity index (χ0v) is 14.4. The number of benzene rings is 1. The van der Waals surface area contributed by atoms with Gasteiger partial charge >= 0.3 is 0 Å². The van der Waals surface area contributed by atoms with Crippen molar-refractivity contribution in [3.63, 3.8) is 0 Å². The molecule has 0 radical (unpaired) electrons. The molecule has 0 atom stereocenters. The maximum atomic E-state index is 12.2. The molecule has 1 aliphatic rings. The fourth-order valence-corrected chi connectivity index (χ4v) is 3.02. The predicted octanol–water partition coefficient (Wildman–Crippen LogP) is 2.90. The summed E-state index contributed by atoms with van der Waals surface area (Å²) in [6.45, 7) is 4.89. The monoisotopic (exact) mass is 344 g/mol. The Hall–Kier alpha value is -2.18. The third kappa shape index (κ3) is 4.43. The highest BCUT2D eigenvalue weighted by Gasteiger charge is 2.14. The maximum absolute atomic E-state index is 12.2. The molecule has 1 fully saturated rings. The number of amides is 1. The van der Waals surface area contributed by atoms with Gasteiger partial charge in [0.15, 0.2) is 0 Å². The fraction of sp³-hybridized carbons (Fsp3) is 0.333. The zero-order valence-electron chi connectivity index (χ0n) is 13.6. The van der Waals surface area contributed by atoms with Gasteiger partial charge in [-0.25, -0.2) is 4.98 Å². The Morgan fingerprint density at radius 1 is 1.38 bits per heavy atom. The van der Waals surface area contributed by atoms with E-state index in [1.165, 1.54) is 0 Å². The second-order valence-corrected chi connectivity index (χ2v) is 6.52. The van der Waals surface area contributed by atoms with Gasteiger partial charge in [-0.2, -0.15) is 0 Å². The molecule has 1 saturated heterocycles. The highest BCUT2D eigenvalue weighted by molar-refractivity contribution is 7.09. The molecule has 3 rings (SSSR count). The van der Waals surface area contributed by atoms with Crippen LogP contribution in [0.25, 0.3) is 6.08 Å². The van der Waals surface area contributed by atoms with Gasteiger partial charge in [0.05, 0.1) is 23.9 Å². The number of morpholine rings is 1. The largest absolute Gasteiger partial charge is 0.487 e. The molecular formula is C18H20N2O3S. The summed E-state index contributed by atoms with van der Waals surface area (Å²) in [6.07, 6.45) is 3.40. The van der Waals surface area contributed by atoms with Crippen LogP contribution in [0.15, 0.2) is 35.7 Å². The smallest absolute Gasteiger partial charge is 0.246 e. The van der Waals surface area contributed by atoms with E-state index < -0.39 is 0 Å². The molecule has 0 unspecified atom stereocenters. The van der Waals surface area contributed by atoms with Crippen molar-refractivity contribution in [1.82, 2.24) is 9.88 Å². The highest BCUT2D eigenvalue weighted by atomic mass is 32.1. The van der Waals surface area contributed by atoms with Gasteiger partial charge in [0.2, 0.25) is 5.91 Å². The van der Waals surface area contributed by atoms with E-state index in [2.05, 4.69) is 4.98 Å². The molecule has 1 aliphatic heterocycles. The van der Waals surface area contributed by atoms with Crippen LogP contribution in [0.2, 0.25) is 0 Å². The summed E-state index contributed by atoms with van der Waals surface area (Å²) < 4.78 is 11.1. The number of nitrogens with zero attached hydrogens (tertiary/aromatic N) is 2. The van der Waals surface area contributed by atoms with Crippen LogP contribution in [0.5, 0.6) is 5.75 Å². The van der Waals surface area contributed by atoms with Crippen molar-refractivity contribution in [2.45, 2.75) is 13.5 Å². The van der Waals surface area contributed by atoms with Crippen molar-refractivity contribution >= 4 is 23.3 Å². The molecule has 0 N–H and O–H groups in total. The zero-order chi connectivity index (χ0) is 16.8. The number of aromatic nitrogens is 1. The van der Waals surface area contributed by atoms with Gasteiger partial charge in [0, 0.05) is 30.1 Å². The van der Waals surface area contributed by atoms with Gasteiger partial charge in [0.1, 0.15) is 12.4 Å². The lowest BCUT2D eigenvalue weighted by Crippen LogP contribution is -2.39. The minimum absolute atomic E-state index is 0.00299. The molecular weight excluding hydrogens is 324 g/mol. The fourth-order valence-electron chi connectivity index (χ4n) is 2.43. The lowest BCUT2D eigenvalue weighted by Gasteiger charge is -2.25. The van der Waals surface area contributed by atoms with E-state index in [-0.39, 0.29) is 5.91 Å². The average Bonchev–Trinajstić information content (AvgIpc) is 3.04. The Morgan fingerprint density at radius 2 is 2.17 bits per heavy atom. The van der Waals surface area contributed by atoms with Crippen LogP contribution >= 0.6 is 11.3 Å². The molecule has 1 aromatic carbocycles. The van der Waals surface area contributed by atoms with Crippen LogP contribution in [0.3, 0.4) is 0 Å². The topological polar surface area (TPSA) is 51.7 Å². The summed E-state index contributed by atoms with van der Waals surface area (Å²) >= 11 is 1.61. The average molecular weight is 344 g/mol. The minimum Gasteiger partial charge on any atom is -0.487 e. The van der Waals surface area contributed by atoms with E-state index in [4.69, 9.17) is 9.47 Å². The molecule has 0 saturated carbocycles. The molecule has 0 aliphatic carbocycles. The van der Waals surface area contributed by atoms with Crippen LogP contribution in [0.1, 0.15) is 16.3 Å². The van der Waals surface area contributed by atoms with Gasteiger partial charge in [-0.3, -0.25) is 4.79 Å². The summed E-state index contributed by atoms with van der Waals surface area (Å²) in [5.74, 6) is 0.748. The molecule has 24 heavy (non-hydrogen) atoms. The highest BCUT2D eigenvalue weighted by Crippen LogP contribution is 2.21. The first-order valence-corrected chi connectivity index (χ1v) is 8.78. The van der Waals surface area contributed by atoms with Gasteiger partial charge in [-0.05, 0) is 19.1 Å².